The SMILES string of the molecule is O=C(NCc1ccccc1Cl)c1cccc(=O)[nH]1. The molecule has 4 nitrogen and oxygen atoms in total. The molecule has 1 heterocycles. The molecule has 0 aliphatic carbocycles. The number of benzene rings is 1. The molecule has 0 aliphatic heterocycles. The molecule has 0 bridgehead atoms. The molecule has 0 aliphatic rings. The fourth-order valence-electron chi connectivity index (χ4n) is 1.49. The predicted octanol–water partition coefficient (Wildman–Crippen LogP) is 1.96. The largest absolute Gasteiger partial charge is 0.347 e. The van der Waals surface area contributed by atoms with E-state index in [1.54, 1.807) is 12.1 Å². The van der Waals surface area contributed by atoms with Gasteiger partial charge >= 0.3 is 0 Å². The number of hydrogen-bond acceptors (Lipinski definition) is 2. The molecule has 0 saturated heterocycles. The Morgan fingerprint density at radius 1 is 1.17 bits per heavy atom. The summed E-state index contributed by atoms with van der Waals surface area (Å²) in [7, 11) is 0. The van der Waals surface area contributed by atoms with Crippen molar-refractivity contribution in [3.63, 3.8) is 0 Å². The molecule has 1 aromatic carbocycles. The molecule has 5 heteroatoms. The number of rotatable bonds is 3. The molecule has 2 rings (SSSR count). The van der Waals surface area contributed by atoms with Crippen LogP contribution < -0.4 is 10.9 Å². The number of H-pyrrole nitrogens is 1. The Bertz CT molecular complexity index is 622. The van der Waals surface area contributed by atoms with E-state index in [9.17, 15) is 9.59 Å². The lowest BCUT2D eigenvalue weighted by Crippen LogP contribution is -2.25. The lowest BCUT2D eigenvalue weighted by atomic mass is 10.2. The summed E-state index contributed by atoms with van der Waals surface area (Å²) >= 11 is 5.97. The highest BCUT2D eigenvalue weighted by Gasteiger charge is 2.06. The highest BCUT2D eigenvalue weighted by molar-refractivity contribution is 6.31. The Morgan fingerprint density at radius 3 is 2.67 bits per heavy atom. The average Bonchev–Trinajstić information content (AvgIpc) is 2.37. The summed E-state index contributed by atoms with van der Waals surface area (Å²) < 4.78 is 0. The molecular formula is C13H11ClN2O2. The second kappa shape index (κ2) is 5.51. The highest BCUT2D eigenvalue weighted by Crippen LogP contribution is 2.14. The zero-order chi connectivity index (χ0) is 13.0. The van der Waals surface area contributed by atoms with Gasteiger partial charge in [0, 0.05) is 17.6 Å². The van der Waals surface area contributed by atoms with E-state index in [4.69, 9.17) is 11.6 Å². The van der Waals surface area contributed by atoms with Crippen LogP contribution in [0, 0.1) is 0 Å². The first-order chi connectivity index (χ1) is 8.66. The maximum atomic E-state index is 11.8. The van der Waals surface area contributed by atoms with Crippen LogP contribution in [0.1, 0.15) is 16.1 Å². The number of aromatic amines is 1. The van der Waals surface area contributed by atoms with Crippen LogP contribution in [0.5, 0.6) is 0 Å². The Hall–Kier alpha value is -2.07. The molecule has 0 spiro atoms. The molecule has 2 aromatic rings. The first-order valence-electron chi connectivity index (χ1n) is 5.38. The number of aromatic nitrogens is 1. The fraction of sp³-hybridized carbons (Fsp3) is 0.0769. The van der Waals surface area contributed by atoms with Gasteiger partial charge in [-0.1, -0.05) is 35.9 Å². The summed E-state index contributed by atoms with van der Waals surface area (Å²) in [5.74, 6) is -0.340. The summed E-state index contributed by atoms with van der Waals surface area (Å²) in [5, 5.41) is 3.29. The van der Waals surface area contributed by atoms with Crippen LogP contribution >= 0.6 is 11.6 Å². The molecule has 0 saturated carbocycles. The number of carbonyl (C=O) groups excluding carboxylic acids is 1. The first kappa shape index (κ1) is 12.4. The standard InChI is InChI=1S/C13H11ClN2O2/c14-10-5-2-1-4-9(10)8-15-13(18)11-6-3-7-12(17)16-11/h1-7H,8H2,(H,15,18)(H,16,17). The van der Waals surface area contributed by atoms with E-state index in [-0.39, 0.29) is 17.2 Å². The third-order valence-corrected chi connectivity index (χ3v) is 2.78. The minimum absolute atomic E-state index is 0.231. The Labute approximate surface area is 109 Å². The van der Waals surface area contributed by atoms with Gasteiger partial charge in [-0.3, -0.25) is 9.59 Å². The van der Waals surface area contributed by atoms with E-state index < -0.39 is 0 Å². The van der Waals surface area contributed by atoms with Crippen molar-refractivity contribution >= 4 is 17.5 Å². The summed E-state index contributed by atoms with van der Waals surface area (Å²) in [6.45, 7) is 0.315. The second-order valence-electron chi connectivity index (χ2n) is 3.70. The molecule has 92 valence electrons. The Morgan fingerprint density at radius 2 is 1.94 bits per heavy atom. The van der Waals surface area contributed by atoms with Crippen molar-refractivity contribution in [1.29, 1.82) is 0 Å². The molecule has 2 N–H and O–H groups in total. The van der Waals surface area contributed by atoms with Gasteiger partial charge in [-0.2, -0.15) is 0 Å². The van der Waals surface area contributed by atoms with Crippen LogP contribution in [0.4, 0.5) is 0 Å². The molecule has 18 heavy (non-hydrogen) atoms. The van der Waals surface area contributed by atoms with E-state index in [0.717, 1.165) is 5.56 Å². The monoisotopic (exact) mass is 262 g/mol. The topological polar surface area (TPSA) is 62.0 Å². The minimum Gasteiger partial charge on any atom is -0.347 e. The fourth-order valence-corrected chi connectivity index (χ4v) is 1.70. The van der Waals surface area contributed by atoms with Crippen LogP contribution in [-0.2, 0) is 6.54 Å². The number of hydrogen-bond donors (Lipinski definition) is 2. The summed E-state index contributed by atoms with van der Waals surface area (Å²) in [6, 6.07) is 11.7. The predicted molar refractivity (Wildman–Crippen MR) is 69.7 cm³/mol. The van der Waals surface area contributed by atoms with Gasteiger partial charge in [-0.05, 0) is 17.7 Å². The van der Waals surface area contributed by atoms with Gasteiger partial charge in [0.05, 0.1) is 0 Å². The van der Waals surface area contributed by atoms with Crippen molar-refractivity contribution in [1.82, 2.24) is 10.3 Å². The molecule has 1 aromatic heterocycles. The van der Waals surface area contributed by atoms with E-state index in [0.29, 0.717) is 11.6 Å². The molecule has 0 fully saturated rings. The van der Waals surface area contributed by atoms with Crippen LogP contribution in [0.3, 0.4) is 0 Å². The summed E-state index contributed by atoms with van der Waals surface area (Å²) in [6.07, 6.45) is 0. The summed E-state index contributed by atoms with van der Waals surface area (Å²) in [5.41, 5.74) is 0.751. The normalized spacial score (nSPS) is 10.1. The van der Waals surface area contributed by atoms with E-state index in [1.807, 2.05) is 18.2 Å². The van der Waals surface area contributed by atoms with E-state index in [2.05, 4.69) is 10.3 Å². The Kier molecular flexibility index (Phi) is 3.79. The molecule has 0 radical (unpaired) electrons. The van der Waals surface area contributed by atoms with Crippen LogP contribution in [0.2, 0.25) is 5.02 Å². The quantitative estimate of drug-likeness (QED) is 0.888. The highest BCUT2D eigenvalue weighted by atomic mass is 35.5. The first-order valence-corrected chi connectivity index (χ1v) is 5.75. The lowest BCUT2D eigenvalue weighted by molar-refractivity contribution is 0.0945. The lowest BCUT2D eigenvalue weighted by Gasteiger charge is -2.06. The second-order valence-corrected chi connectivity index (χ2v) is 4.11. The molecular weight excluding hydrogens is 252 g/mol. The van der Waals surface area contributed by atoms with Gasteiger partial charge in [-0.15, -0.1) is 0 Å². The number of halogens is 1. The van der Waals surface area contributed by atoms with Crippen LogP contribution in [0.15, 0.2) is 47.3 Å². The molecule has 0 atom stereocenters. The third-order valence-electron chi connectivity index (χ3n) is 2.41. The average molecular weight is 263 g/mol. The summed E-state index contributed by atoms with van der Waals surface area (Å²) in [4.78, 5) is 25.3. The van der Waals surface area contributed by atoms with Gasteiger partial charge in [-0.25, -0.2) is 0 Å². The van der Waals surface area contributed by atoms with Gasteiger partial charge < -0.3 is 10.3 Å². The van der Waals surface area contributed by atoms with Crippen LogP contribution in [0.25, 0.3) is 0 Å². The zero-order valence-corrected chi connectivity index (χ0v) is 10.2. The molecule has 1 amide bonds. The van der Waals surface area contributed by atoms with Crippen molar-refractivity contribution < 1.29 is 4.79 Å². The zero-order valence-electron chi connectivity index (χ0n) is 9.44. The maximum Gasteiger partial charge on any atom is 0.268 e. The van der Waals surface area contributed by atoms with Gasteiger partial charge in [0.15, 0.2) is 0 Å². The number of pyridine rings is 1. The van der Waals surface area contributed by atoms with E-state index in [1.165, 1.54) is 12.1 Å². The van der Waals surface area contributed by atoms with Crippen molar-refractivity contribution in [2.24, 2.45) is 0 Å². The molecule has 0 unspecified atom stereocenters. The maximum absolute atomic E-state index is 11.8. The van der Waals surface area contributed by atoms with Gasteiger partial charge in [0.25, 0.3) is 5.91 Å². The number of amides is 1. The van der Waals surface area contributed by atoms with Crippen LogP contribution in [-0.4, -0.2) is 10.9 Å². The third kappa shape index (κ3) is 2.99. The minimum atomic E-state index is -0.340. The smallest absolute Gasteiger partial charge is 0.268 e. The Balaban J connectivity index is 2.05. The number of nitrogens with one attached hydrogen (secondary N) is 2. The van der Waals surface area contributed by atoms with Crippen molar-refractivity contribution in [2.45, 2.75) is 6.54 Å². The number of carbonyl (C=O) groups is 1. The van der Waals surface area contributed by atoms with Crippen molar-refractivity contribution in [3.8, 4) is 0 Å². The van der Waals surface area contributed by atoms with Crippen molar-refractivity contribution in [2.75, 3.05) is 0 Å². The van der Waals surface area contributed by atoms with Gasteiger partial charge in [0.2, 0.25) is 5.56 Å². The van der Waals surface area contributed by atoms with Gasteiger partial charge in [0.1, 0.15) is 5.69 Å². The van der Waals surface area contributed by atoms with E-state index >= 15 is 0 Å². The van der Waals surface area contributed by atoms with Crippen molar-refractivity contribution in [3.05, 3.63) is 69.1 Å².